The first-order valence-electron chi connectivity index (χ1n) is 5.97. The lowest BCUT2D eigenvalue weighted by atomic mass is 9.98. The monoisotopic (exact) mass is 274 g/mol. The Kier molecular flexibility index (Phi) is 5.56. The number of nitrogens with one attached hydrogen (secondary N) is 1. The van der Waals surface area contributed by atoms with Crippen LogP contribution in [-0.2, 0) is 14.3 Å². The molecule has 2 unspecified atom stereocenters. The average molecular weight is 274 g/mol. The molecule has 1 aliphatic rings. The Morgan fingerprint density at radius 3 is 2.32 bits per heavy atom. The Morgan fingerprint density at radius 1 is 1.26 bits per heavy atom. The number of rotatable bonds is 5. The molecule has 0 spiro atoms. The Bertz CT molecular complexity index is 343. The Hall–Kier alpha value is -1.83. The molecule has 0 bridgehead atoms. The molecule has 1 heterocycles. The second-order valence-corrected chi connectivity index (χ2v) is 4.54. The van der Waals surface area contributed by atoms with E-state index in [1.54, 1.807) is 0 Å². The number of carbonyl (C=O) groups excluding carboxylic acids is 1. The third-order valence-corrected chi connectivity index (χ3v) is 2.89. The highest BCUT2D eigenvalue weighted by atomic mass is 16.5. The van der Waals surface area contributed by atoms with Gasteiger partial charge in [0.25, 0.3) is 0 Å². The predicted octanol–water partition coefficient (Wildman–Crippen LogP) is -0.408. The zero-order chi connectivity index (χ0) is 14.4. The van der Waals surface area contributed by atoms with Gasteiger partial charge in [-0.1, -0.05) is 6.92 Å². The number of hydrogen-bond donors (Lipinski definition) is 3. The van der Waals surface area contributed by atoms with Crippen LogP contribution in [0.4, 0.5) is 4.79 Å². The fraction of sp³-hybridized carbons (Fsp3) is 0.727. The first kappa shape index (κ1) is 15.2. The Morgan fingerprint density at radius 2 is 1.84 bits per heavy atom. The third-order valence-electron chi connectivity index (χ3n) is 2.89. The second kappa shape index (κ2) is 6.93. The van der Waals surface area contributed by atoms with E-state index in [0.29, 0.717) is 19.6 Å². The minimum atomic E-state index is -1.25. The number of nitrogens with zero attached hydrogens (tertiary/aromatic N) is 1. The van der Waals surface area contributed by atoms with Gasteiger partial charge >= 0.3 is 18.0 Å². The van der Waals surface area contributed by atoms with Gasteiger partial charge in [-0.15, -0.1) is 0 Å². The number of ether oxygens (including phenoxy) is 1. The molecule has 1 rings (SSSR count). The quantitative estimate of drug-likeness (QED) is 0.627. The molecule has 108 valence electrons. The van der Waals surface area contributed by atoms with Crippen LogP contribution >= 0.6 is 0 Å². The van der Waals surface area contributed by atoms with Gasteiger partial charge in [0.15, 0.2) is 0 Å². The van der Waals surface area contributed by atoms with Gasteiger partial charge in [0.05, 0.1) is 6.61 Å². The van der Waals surface area contributed by atoms with Crippen molar-refractivity contribution in [3.8, 4) is 0 Å². The summed E-state index contributed by atoms with van der Waals surface area (Å²) in [6.07, 6.45) is 0.626. The second-order valence-electron chi connectivity index (χ2n) is 4.54. The number of urea groups is 1. The summed E-state index contributed by atoms with van der Waals surface area (Å²) >= 11 is 0. The van der Waals surface area contributed by atoms with E-state index in [1.165, 1.54) is 0 Å². The number of aliphatic carboxylic acids is 2. The summed E-state index contributed by atoms with van der Waals surface area (Å²) in [4.78, 5) is 33.9. The van der Waals surface area contributed by atoms with Gasteiger partial charge in [0, 0.05) is 12.6 Å². The lowest BCUT2D eigenvalue weighted by molar-refractivity contribution is -0.140. The van der Waals surface area contributed by atoms with Crippen LogP contribution < -0.4 is 5.32 Å². The zero-order valence-electron chi connectivity index (χ0n) is 10.7. The number of carboxylic acids is 2. The van der Waals surface area contributed by atoms with Gasteiger partial charge in [0.2, 0.25) is 0 Å². The van der Waals surface area contributed by atoms with Crippen molar-refractivity contribution in [2.24, 2.45) is 5.92 Å². The van der Waals surface area contributed by atoms with Gasteiger partial charge in [-0.05, 0) is 12.3 Å². The predicted molar refractivity (Wildman–Crippen MR) is 63.8 cm³/mol. The van der Waals surface area contributed by atoms with E-state index in [0.717, 1.165) is 4.90 Å². The molecular formula is C11H18N2O6. The summed E-state index contributed by atoms with van der Waals surface area (Å²) in [5, 5.41) is 20.0. The van der Waals surface area contributed by atoms with Crippen LogP contribution in [0.5, 0.6) is 0 Å². The van der Waals surface area contributed by atoms with Crippen molar-refractivity contribution in [2.75, 3.05) is 26.3 Å². The van der Waals surface area contributed by atoms with Crippen molar-refractivity contribution in [3.05, 3.63) is 0 Å². The van der Waals surface area contributed by atoms with E-state index in [-0.39, 0.29) is 12.0 Å². The van der Waals surface area contributed by atoms with Crippen LogP contribution in [0.25, 0.3) is 0 Å². The molecule has 19 heavy (non-hydrogen) atoms. The molecule has 1 saturated heterocycles. The van der Waals surface area contributed by atoms with Crippen molar-refractivity contribution < 1.29 is 29.3 Å². The first-order chi connectivity index (χ1) is 8.90. The van der Waals surface area contributed by atoms with Crippen molar-refractivity contribution in [3.63, 3.8) is 0 Å². The molecule has 0 aromatic carbocycles. The van der Waals surface area contributed by atoms with E-state index in [1.807, 2.05) is 6.92 Å². The molecule has 0 saturated carbocycles. The van der Waals surface area contributed by atoms with Crippen LogP contribution in [0.2, 0.25) is 0 Å². The molecular weight excluding hydrogens is 256 g/mol. The van der Waals surface area contributed by atoms with Crippen LogP contribution in [0.15, 0.2) is 0 Å². The number of hydrogen-bond acceptors (Lipinski definition) is 4. The van der Waals surface area contributed by atoms with Crippen LogP contribution in [0, 0.1) is 5.92 Å². The molecule has 2 amide bonds. The van der Waals surface area contributed by atoms with Crippen molar-refractivity contribution >= 4 is 18.0 Å². The average Bonchev–Trinajstić information content (AvgIpc) is 2.30. The van der Waals surface area contributed by atoms with Gasteiger partial charge in [0.1, 0.15) is 13.1 Å². The standard InChI is InChI=1S/C11H18N2O6/c1-7-6-19-3-2-8(7)12-11(18)13(4-9(14)15)5-10(16)17/h7-8H,2-6H2,1H3,(H,12,18)(H,14,15)(H,16,17). The highest BCUT2D eigenvalue weighted by Gasteiger charge is 2.27. The highest BCUT2D eigenvalue weighted by Crippen LogP contribution is 2.14. The maximum atomic E-state index is 11.9. The number of amides is 2. The molecule has 1 fully saturated rings. The Labute approximate surface area is 110 Å². The minimum absolute atomic E-state index is 0.106. The smallest absolute Gasteiger partial charge is 0.323 e. The van der Waals surface area contributed by atoms with Crippen molar-refractivity contribution in [1.29, 1.82) is 0 Å². The molecule has 0 aliphatic carbocycles. The lowest BCUT2D eigenvalue weighted by Crippen LogP contribution is -2.52. The van der Waals surface area contributed by atoms with Crippen molar-refractivity contribution in [1.82, 2.24) is 10.2 Å². The third kappa shape index (κ3) is 5.12. The summed E-state index contributed by atoms with van der Waals surface area (Å²) in [5.74, 6) is -2.40. The fourth-order valence-corrected chi connectivity index (χ4v) is 1.87. The van der Waals surface area contributed by atoms with Crippen LogP contribution in [-0.4, -0.2) is 65.4 Å². The lowest BCUT2D eigenvalue weighted by Gasteiger charge is -2.31. The van der Waals surface area contributed by atoms with Gasteiger partial charge < -0.3 is 25.2 Å². The molecule has 3 N–H and O–H groups in total. The maximum absolute atomic E-state index is 11.9. The topological polar surface area (TPSA) is 116 Å². The SMILES string of the molecule is CC1COCCC1NC(=O)N(CC(=O)O)CC(=O)O. The summed E-state index contributed by atoms with van der Waals surface area (Å²) in [6.45, 7) is 1.66. The fourth-order valence-electron chi connectivity index (χ4n) is 1.87. The van der Waals surface area contributed by atoms with Gasteiger partial charge in [-0.3, -0.25) is 9.59 Å². The van der Waals surface area contributed by atoms with Gasteiger partial charge in [-0.2, -0.15) is 0 Å². The maximum Gasteiger partial charge on any atom is 0.323 e. The van der Waals surface area contributed by atoms with E-state index >= 15 is 0 Å². The normalized spacial score (nSPS) is 22.6. The largest absolute Gasteiger partial charge is 0.480 e. The molecule has 1 aliphatic heterocycles. The van der Waals surface area contributed by atoms with E-state index in [2.05, 4.69) is 5.32 Å². The summed E-state index contributed by atoms with van der Waals surface area (Å²) < 4.78 is 5.23. The molecule has 8 nitrogen and oxygen atoms in total. The minimum Gasteiger partial charge on any atom is -0.480 e. The van der Waals surface area contributed by atoms with Crippen LogP contribution in [0.1, 0.15) is 13.3 Å². The van der Waals surface area contributed by atoms with E-state index in [4.69, 9.17) is 14.9 Å². The molecule has 0 aromatic heterocycles. The molecule has 8 heteroatoms. The number of carbonyl (C=O) groups is 3. The molecule has 0 aromatic rings. The van der Waals surface area contributed by atoms with Crippen LogP contribution in [0.3, 0.4) is 0 Å². The number of carboxylic acid groups (broad SMARTS) is 2. The van der Waals surface area contributed by atoms with Gasteiger partial charge in [-0.25, -0.2) is 4.79 Å². The van der Waals surface area contributed by atoms with Crippen molar-refractivity contribution in [2.45, 2.75) is 19.4 Å². The summed E-state index contributed by atoms with van der Waals surface area (Å²) in [5.41, 5.74) is 0. The first-order valence-corrected chi connectivity index (χ1v) is 5.97. The van der Waals surface area contributed by atoms with E-state index < -0.39 is 31.1 Å². The highest BCUT2D eigenvalue weighted by molar-refractivity contribution is 5.84. The zero-order valence-corrected chi connectivity index (χ0v) is 10.7. The Balaban J connectivity index is 2.59. The summed E-state index contributed by atoms with van der Waals surface area (Å²) in [6, 6.07) is -0.810. The molecule has 2 atom stereocenters. The summed E-state index contributed by atoms with van der Waals surface area (Å²) in [7, 11) is 0. The molecule has 0 radical (unpaired) electrons. The van der Waals surface area contributed by atoms with E-state index in [9.17, 15) is 14.4 Å².